The Morgan fingerprint density at radius 3 is 1.38 bits per heavy atom. The number of hydrogen-bond donors (Lipinski definition) is 2. The van der Waals surface area contributed by atoms with Crippen LogP contribution in [0.5, 0.6) is 11.5 Å². The van der Waals surface area contributed by atoms with Crippen molar-refractivity contribution in [3.63, 3.8) is 0 Å². The van der Waals surface area contributed by atoms with Gasteiger partial charge in [0.1, 0.15) is 0 Å². The Morgan fingerprint density at radius 1 is 0.667 bits per heavy atom. The first-order valence-corrected chi connectivity index (χ1v) is 8.22. The van der Waals surface area contributed by atoms with E-state index in [-0.39, 0.29) is 28.6 Å². The van der Waals surface area contributed by atoms with E-state index in [9.17, 15) is 10.2 Å². The second-order valence-electron chi connectivity index (χ2n) is 5.73. The molecule has 2 N–H and O–H groups in total. The summed E-state index contributed by atoms with van der Waals surface area (Å²) in [5, 5.41) is 19.4. The van der Waals surface area contributed by atoms with Gasteiger partial charge in [-0.1, -0.05) is 52.4 Å². The number of unbranched alkanes of at least 4 members (excludes halogenated alkanes) is 6. The van der Waals surface area contributed by atoms with Crippen LogP contribution in [0.4, 0.5) is 0 Å². The van der Waals surface area contributed by atoms with E-state index in [2.05, 4.69) is 13.8 Å². The van der Waals surface area contributed by atoms with Crippen LogP contribution < -0.4 is 0 Å². The van der Waals surface area contributed by atoms with Crippen molar-refractivity contribution in [1.82, 2.24) is 0 Å². The van der Waals surface area contributed by atoms with Crippen LogP contribution in [0.1, 0.15) is 76.3 Å². The van der Waals surface area contributed by atoms with Gasteiger partial charge in [-0.15, -0.1) is 0 Å². The molecule has 1 rings (SSSR count). The third kappa shape index (κ3) is 7.78. The molecule has 0 amide bonds. The van der Waals surface area contributed by atoms with E-state index in [0.29, 0.717) is 0 Å². The fraction of sp³-hybridized carbons (Fsp3) is 0.667. The Bertz CT molecular complexity index is 354. The number of phenols is 2. The summed E-state index contributed by atoms with van der Waals surface area (Å²) in [6, 6.07) is 3.52. The summed E-state index contributed by atoms with van der Waals surface area (Å²) < 4.78 is 0. The van der Waals surface area contributed by atoms with E-state index < -0.39 is 0 Å². The molecule has 0 saturated carbocycles. The van der Waals surface area contributed by atoms with Gasteiger partial charge in [0, 0.05) is 0 Å². The van der Waals surface area contributed by atoms with Crippen LogP contribution in [0.2, 0.25) is 0 Å². The summed E-state index contributed by atoms with van der Waals surface area (Å²) >= 11 is 0. The number of rotatable bonds is 10. The third-order valence-electron chi connectivity index (χ3n) is 3.90. The number of aromatic hydroxyl groups is 2. The van der Waals surface area contributed by atoms with Gasteiger partial charge in [-0.2, -0.15) is 0 Å². The van der Waals surface area contributed by atoms with Gasteiger partial charge in [-0.3, -0.25) is 0 Å². The van der Waals surface area contributed by atoms with E-state index in [0.717, 1.165) is 12.8 Å². The van der Waals surface area contributed by atoms with Crippen molar-refractivity contribution in [3.05, 3.63) is 23.3 Å². The molecule has 0 bridgehead atoms. The molecule has 0 saturated heterocycles. The van der Waals surface area contributed by atoms with Gasteiger partial charge in [0.15, 0.2) is 11.5 Å². The molecule has 1 radical (unpaired) electrons. The first-order chi connectivity index (χ1) is 9.69. The van der Waals surface area contributed by atoms with Gasteiger partial charge in [-0.25, -0.2) is 0 Å². The van der Waals surface area contributed by atoms with E-state index in [1.54, 1.807) is 12.1 Å². The molecule has 2 nitrogen and oxygen atoms in total. The third-order valence-corrected chi connectivity index (χ3v) is 3.90. The molecule has 0 aliphatic heterocycles. The first-order valence-electron chi connectivity index (χ1n) is 8.22. The monoisotopic (exact) mass is 341 g/mol. The van der Waals surface area contributed by atoms with Crippen molar-refractivity contribution in [3.8, 4) is 11.5 Å². The standard InChI is InChI=1S/C18H30O2.Cu/c1-3-5-7-9-11-15-13-17(19)18(20)14-16(15)12-10-8-6-4-2;/h13-14,19-20H,3-12H2,1-2H3;/q;+2. The van der Waals surface area contributed by atoms with Crippen LogP contribution >= 0.6 is 0 Å². The summed E-state index contributed by atoms with van der Waals surface area (Å²) in [5.41, 5.74) is 2.43. The molecule has 1 aromatic rings. The summed E-state index contributed by atoms with van der Waals surface area (Å²) in [4.78, 5) is 0. The normalized spacial score (nSPS) is 10.4. The zero-order valence-electron chi connectivity index (χ0n) is 13.4. The summed E-state index contributed by atoms with van der Waals surface area (Å²) in [6.07, 6.45) is 11.9. The van der Waals surface area contributed by atoms with E-state index in [1.165, 1.54) is 62.5 Å². The zero-order chi connectivity index (χ0) is 14.8. The molecular weight excluding hydrogens is 312 g/mol. The first kappa shape index (κ1) is 20.3. The molecule has 0 aliphatic rings. The van der Waals surface area contributed by atoms with Crippen LogP contribution in [0, 0.1) is 0 Å². The van der Waals surface area contributed by atoms with Crippen molar-refractivity contribution < 1.29 is 27.3 Å². The molecular formula is C18H30CuO2+2. The maximum absolute atomic E-state index is 9.69. The zero-order valence-corrected chi connectivity index (χ0v) is 14.4. The molecule has 3 heteroatoms. The topological polar surface area (TPSA) is 40.5 Å². The largest absolute Gasteiger partial charge is 2.00 e. The predicted octanol–water partition coefficient (Wildman–Crippen LogP) is 5.34. The minimum Gasteiger partial charge on any atom is -0.504 e. The fourth-order valence-electron chi connectivity index (χ4n) is 2.61. The molecule has 0 atom stereocenters. The van der Waals surface area contributed by atoms with Crippen molar-refractivity contribution in [2.24, 2.45) is 0 Å². The molecule has 0 aromatic heterocycles. The summed E-state index contributed by atoms with van der Waals surface area (Å²) in [6.45, 7) is 4.43. The van der Waals surface area contributed by atoms with Crippen molar-refractivity contribution in [2.75, 3.05) is 0 Å². The van der Waals surface area contributed by atoms with Crippen molar-refractivity contribution in [1.29, 1.82) is 0 Å². The predicted molar refractivity (Wildman–Crippen MR) is 85.5 cm³/mol. The minimum absolute atomic E-state index is 0. The van der Waals surface area contributed by atoms with E-state index in [1.807, 2.05) is 0 Å². The van der Waals surface area contributed by atoms with E-state index in [4.69, 9.17) is 0 Å². The maximum atomic E-state index is 9.69. The van der Waals surface area contributed by atoms with Gasteiger partial charge >= 0.3 is 17.1 Å². The molecule has 0 fully saturated rings. The summed E-state index contributed by atoms with van der Waals surface area (Å²) in [5.74, 6) is 0.0422. The molecule has 0 heterocycles. The quantitative estimate of drug-likeness (QED) is 0.342. The van der Waals surface area contributed by atoms with Gasteiger partial charge in [0.25, 0.3) is 0 Å². The van der Waals surface area contributed by atoms with Gasteiger partial charge in [0.2, 0.25) is 0 Å². The van der Waals surface area contributed by atoms with Crippen molar-refractivity contribution >= 4 is 0 Å². The maximum Gasteiger partial charge on any atom is 2.00 e. The van der Waals surface area contributed by atoms with E-state index >= 15 is 0 Å². The summed E-state index contributed by atoms with van der Waals surface area (Å²) in [7, 11) is 0. The van der Waals surface area contributed by atoms with Crippen LogP contribution in [-0.2, 0) is 29.9 Å². The Morgan fingerprint density at radius 2 is 1.05 bits per heavy atom. The molecule has 1 aromatic carbocycles. The molecule has 0 spiro atoms. The Hall–Kier alpha value is -0.661. The second-order valence-corrected chi connectivity index (χ2v) is 5.73. The number of benzene rings is 1. The average Bonchev–Trinajstić information content (AvgIpc) is 2.44. The van der Waals surface area contributed by atoms with Crippen LogP contribution in [0.15, 0.2) is 12.1 Å². The Kier molecular flexibility index (Phi) is 11.6. The molecule has 123 valence electrons. The van der Waals surface area contributed by atoms with Crippen molar-refractivity contribution in [2.45, 2.75) is 78.1 Å². The molecule has 21 heavy (non-hydrogen) atoms. The Labute approximate surface area is 140 Å². The minimum atomic E-state index is 0. The van der Waals surface area contributed by atoms with Gasteiger partial charge in [-0.05, 0) is 48.9 Å². The molecule has 0 unspecified atom stereocenters. The number of hydrogen-bond acceptors (Lipinski definition) is 2. The smallest absolute Gasteiger partial charge is 0.504 e. The van der Waals surface area contributed by atoms with Crippen LogP contribution in [0.3, 0.4) is 0 Å². The average molecular weight is 342 g/mol. The van der Waals surface area contributed by atoms with Gasteiger partial charge in [0.05, 0.1) is 0 Å². The second kappa shape index (κ2) is 11.9. The number of phenolic OH excluding ortho intramolecular Hbond substituents is 2. The van der Waals surface area contributed by atoms with Gasteiger partial charge < -0.3 is 10.2 Å². The SMILES string of the molecule is CCCCCCc1cc(O)c(O)cc1CCCCCC.[Cu+2]. The van der Waals surface area contributed by atoms with Crippen LogP contribution in [0.25, 0.3) is 0 Å². The number of aryl methyl sites for hydroxylation is 2. The van der Waals surface area contributed by atoms with Crippen LogP contribution in [-0.4, -0.2) is 10.2 Å². The Balaban J connectivity index is 0.00000400. The fourth-order valence-corrected chi connectivity index (χ4v) is 2.61. The molecule has 0 aliphatic carbocycles.